The smallest absolute Gasteiger partial charge is 0.248 e. The SMILES string of the molecule is Cc1c(C=NO)cccc1OCC(O)CNC(C)COc1ccc(C(N)=O)cc1. The van der Waals surface area contributed by atoms with Gasteiger partial charge in [-0.1, -0.05) is 17.3 Å². The number of nitrogens with one attached hydrogen (secondary N) is 1. The van der Waals surface area contributed by atoms with E-state index in [0.717, 1.165) is 11.1 Å². The first-order chi connectivity index (χ1) is 13.9. The van der Waals surface area contributed by atoms with Crippen LogP contribution in [0.4, 0.5) is 0 Å². The maximum atomic E-state index is 11.1. The van der Waals surface area contributed by atoms with E-state index in [-0.39, 0.29) is 12.6 Å². The molecule has 0 aliphatic carbocycles. The molecule has 29 heavy (non-hydrogen) atoms. The van der Waals surface area contributed by atoms with E-state index >= 15 is 0 Å². The Labute approximate surface area is 169 Å². The van der Waals surface area contributed by atoms with Crippen LogP contribution < -0.4 is 20.5 Å². The number of amides is 1. The fourth-order valence-electron chi connectivity index (χ4n) is 2.57. The van der Waals surface area contributed by atoms with Crippen LogP contribution in [0, 0.1) is 6.92 Å². The van der Waals surface area contributed by atoms with Gasteiger partial charge < -0.3 is 30.8 Å². The number of nitrogens with zero attached hydrogens (tertiary/aromatic N) is 1. The summed E-state index contributed by atoms with van der Waals surface area (Å²) >= 11 is 0. The van der Waals surface area contributed by atoms with Crippen LogP contribution in [0.1, 0.15) is 28.4 Å². The van der Waals surface area contributed by atoms with Crippen molar-refractivity contribution in [3.63, 3.8) is 0 Å². The number of hydrogen-bond donors (Lipinski definition) is 4. The second kappa shape index (κ2) is 11.0. The minimum atomic E-state index is -0.707. The Morgan fingerprint density at radius 3 is 2.59 bits per heavy atom. The summed E-state index contributed by atoms with van der Waals surface area (Å²) in [7, 11) is 0. The maximum Gasteiger partial charge on any atom is 0.248 e. The molecule has 1 amide bonds. The average molecular weight is 401 g/mol. The first-order valence-corrected chi connectivity index (χ1v) is 9.24. The summed E-state index contributed by atoms with van der Waals surface area (Å²) in [5, 5.41) is 25.0. The molecular weight excluding hydrogens is 374 g/mol. The Morgan fingerprint density at radius 2 is 1.93 bits per heavy atom. The van der Waals surface area contributed by atoms with E-state index in [9.17, 15) is 9.90 Å². The van der Waals surface area contributed by atoms with Crippen molar-refractivity contribution in [1.82, 2.24) is 5.32 Å². The van der Waals surface area contributed by atoms with Gasteiger partial charge in [0.1, 0.15) is 30.8 Å². The van der Waals surface area contributed by atoms with E-state index in [2.05, 4.69) is 10.5 Å². The van der Waals surface area contributed by atoms with Crippen molar-refractivity contribution in [3.8, 4) is 11.5 Å². The Balaban J connectivity index is 1.72. The predicted molar refractivity (Wildman–Crippen MR) is 110 cm³/mol. The number of primary amides is 1. The second-order valence-corrected chi connectivity index (χ2v) is 6.69. The Kier molecular flexibility index (Phi) is 8.45. The lowest BCUT2D eigenvalue weighted by Gasteiger charge is -2.19. The van der Waals surface area contributed by atoms with Crippen molar-refractivity contribution in [2.24, 2.45) is 10.9 Å². The number of aliphatic hydroxyl groups is 1. The Hall–Kier alpha value is -3.10. The maximum absolute atomic E-state index is 11.1. The van der Waals surface area contributed by atoms with Crippen molar-refractivity contribution in [3.05, 3.63) is 59.2 Å². The van der Waals surface area contributed by atoms with Crippen LogP contribution in [-0.2, 0) is 0 Å². The summed E-state index contributed by atoms with van der Waals surface area (Å²) in [5.41, 5.74) is 7.20. The summed E-state index contributed by atoms with van der Waals surface area (Å²) in [6.07, 6.45) is 0.630. The molecule has 0 bridgehead atoms. The molecule has 0 heterocycles. The Morgan fingerprint density at radius 1 is 1.21 bits per heavy atom. The monoisotopic (exact) mass is 401 g/mol. The fourth-order valence-corrected chi connectivity index (χ4v) is 2.57. The molecule has 0 fully saturated rings. The third-order valence-corrected chi connectivity index (χ3v) is 4.29. The standard InChI is InChI=1S/C21H27N3O5/c1-14(12-28-19-8-6-16(7-9-19)21(22)26)23-11-18(25)13-29-20-5-3-4-17(10-24-27)15(20)2/h3-10,14,18,23,25,27H,11-13H2,1-2H3,(H2,22,26). The molecule has 0 saturated carbocycles. The lowest BCUT2D eigenvalue weighted by Crippen LogP contribution is -2.39. The molecule has 2 rings (SSSR count). The van der Waals surface area contributed by atoms with Gasteiger partial charge in [0.25, 0.3) is 0 Å². The van der Waals surface area contributed by atoms with Gasteiger partial charge in [-0.05, 0) is 49.7 Å². The van der Waals surface area contributed by atoms with Crippen LogP contribution >= 0.6 is 0 Å². The van der Waals surface area contributed by atoms with Gasteiger partial charge in [-0.2, -0.15) is 0 Å². The van der Waals surface area contributed by atoms with Crippen molar-refractivity contribution < 1.29 is 24.6 Å². The highest BCUT2D eigenvalue weighted by molar-refractivity contribution is 5.92. The average Bonchev–Trinajstić information content (AvgIpc) is 2.71. The summed E-state index contributed by atoms with van der Waals surface area (Å²) in [6, 6.07) is 12.0. The third kappa shape index (κ3) is 7.10. The lowest BCUT2D eigenvalue weighted by molar-refractivity contribution is 0.1000. The summed E-state index contributed by atoms with van der Waals surface area (Å²) in [6.45, 7) is 4.64. The minimum absolute atomic E-state index is 0.00806. The predicted octanol–water partition coefficient (Wildman–Crippen LogP) is 1.70. The lowest BCUT2D eigenvalue weighted by atomic mass is 10.1. The van der Waals surface area contributed by atoms with Gasteiger partial charge in [0.15, 0.2) is 0 Å². The minimum Gasteiger partial charge on any atom is -0.492 e. The van der Waals surface area contributed by atoms with Crippen molar-refractivity contribution >= 4 is 12.1 Å². The molecule has 2 aromatic rings. The molecule has 2 aromatic carbocycles. The van der Waals surface area contributed by atoms with Crippen LogP contribution in [0.25, 0.3) is 0 Å². The molecule has 0 aliphatic heterocycles. The highest BCUT2D eigenvalue weighted by Crippen LogP contribution is 2.20. The molecule has 156 valence electrons. The summed E-state index contributed by atoms with van der Waals surface area (Å²) in [5.74, 6) is 0.776. The number of nitrogens with two attached hydrogens (primary N) is 1. The highest BCUT2D eigenvalue weighted by Gasteiger charge is 2.11. The van der Waals surface area contributed by atoms with E-state index in [1.54, 1.807) is 36.4 Å². The number of ether oxygens (including phenoxy) is 2. The molecular formula is C21H27N3O5. The molecule has 0 radical (unpaired) electrons. The van der Waals surface area contributed by atoms with Crippen LogP contribution in [0.5, 0.6) is 11.5 Å². The molecule has 5 N–H and O–H groups in total. The van der Waals surface area contributed by atoms with Crippen LogP contribution in [-0.4, -0.2) is 54.3 Å². The topological polar surface area (TPSA) is 126 Å². The summed E-state index contributed by atoms with van der Waals surface area (Å²) in [4.78, 5) is 11.1. The van der Waals surface area contributed by atoms with E-state index in [0.29, 0.717) is 30.2 Å². The second-order valence-electron chi connectivity index (χ2n) is 6.69. The molecule has 2 unspecified atom stereocenters. The quantitative estimate of drug-likeness (QED) is 0.258. The van der Waals surface area contributed by atoms with Gasteiger partial charge in [0, 0.05) is 23.7 Å². The molecule has 0 aliphatic rings. The van der Waals surface area contributed by atoms with Crippen molar-refractivity contribution in [2.75, 3.05) is 19.8 Å². The van der Waals surface area contributed by atoms with Crippen LogP contribution in [0.15, 0.2) is 47.6 Å². The van der Waals surface area contributed by atoms with Gasteiger partial charge in [0.2, 0.25) is 5.91 Å². The third-order valence-electron chi connectivity index (χ3n) is 4.29. The van der Waals surface area contributed by atoms with Crippen molar-refractivity contribution in [1.29, 1.82) is 0 Å². The molecule has 0 aromatic heterocycles. The number of benzene rings is 2. The molecule has 0 saturated heterocycles. The van der Waals surface area contributed by atoms with E-state index in [1.165, 1.54) is 6.21 Å². The number of aliphatic hydroxyl groups excluding tert-OH is 1. The van der Waals surface area contributed by atoms with Gasteiger partial charge in [-0.15, -0.1) is 0 Å². The van der Waals surface area contributed by atoms with Gasteiger partial charge in [-0.25, -0.2) is 0 Å². The number of rotatable bonds is 11. The molecule has 0 spiro atoms. The van der Waals surface area contributed by atoms with Gasteiger partial charge >= 0.3 is 0 Å². The van der Waals surface area contributed by atoms with Gasteiger partial charge in [0.05, 0.1) is 6.21 Å². The van der Waals surface area contributed by atoms with Crippen LogP contribution in [0.3, 0.4) is 0 Å². The van der Waals surface area contributed by atoms with Crippen molar-refractivity contribution in [2.45, 2.75) is 26.0 Å². The number of carbonyl (C=O) groups excluding carboxylic acids is 1. The largest absolute Gasteiger partial charge is 0.492 e. The first kappa shape index (κ1) is 22.2. The summed E-state index contributed by atoms with van der Waals surface area (Å²) < 4.78 is 11.3. The van der Waals surface area contributed by atoms with Gasteiger partial charge in [-0.3, -0.25) is 4.79 Å². The Bertz CT molecular complexity index is 824. The van der Waals surface area contributed by atoms with E-state index < -0.39 is 12.0 Å². The number of hydrogen-bond acceptors (Lipinski definition) is 7. The first-order valence-electron chi connectivity index (χ1n) is 9.24. The molecule has 8 nitrogen and oxygen atoms in total. The normalized spacial score (nSPS) is 13.2. The van der Waals surface area contributed by atoms with E-state index in [4.69, 9.17) is 20.4 Å². The zero-order valence-electron chi connectivity index (χ0n) is 16.5. The fraction of sp³-hybridized carbons (Fsp3) is 0.333. The number of carbonyl (C=O) groups is 1. The van der Waals surface area contributed by atoms with Crippen LogP contribution in [0.2, 0.25) is 0 Å². The van der Waals surface area contributed by atoms with E-state index in [1.807, 2.05) is 19.9 Å². The molecule has 2 atom stereocenters. The zero-order valence-corrected chi connectivity index (χ0v) is 16.5. The molecule has 8 heteroatoms. The zero-order chi connectivity index (χ0) is 21.2. The number of oxime groups is 1. The highest BCUT2D eigenvalue weighted by atomic mass is 16.5.